The quantitative estimate of drug-likeness (QED) is 0.495. The summed E-state index contributed by atoms with van der Waals surface area (Å²) >= 11 is 1.27. The molecule has 1 N–H and O–H groups in total. The largest absolute Gasteiger partial charge is 0.495 e. The molecular weight excluding hydrogens is 419 g/mol. The first-order chi connectivity index (χ1) is 13.9. The monoisotopic (exact) mass is 434 g/mol. The molecule has 0 spiro atoms. The molecule has 1 aromatic carbocycles. The van der Waals surface area contributed by atoms with Crippen molar-refractivity contribution < 1.29 is 22.0 Å². The Hall–Kier alpha value is -3.18. The summed E-state index contributed by atoms with van der Waals surface area (Å²) in [6.45, 7) is 1.72. The van der Waals surface area contributed by atoms with Gasteiger partial charge in [0.2, 0.25) is 5.13 Å². The lowest BCUT2D eigenvalue weighted by molar-refractivity contribution is 0.401. The number of furan rings is 1. The smallest absolute Gasteiger partial charge is 0.266 e. The van der Waals surface area contributed by atoms with Crippen LogP contribution in [-0.2, 0) is 10.0 Å². The summed E-state index contributed by atoms with van der Waals surface area (Å²) in [5.74, 6) is 0.0760. The zero-order chi connectivity index (χ0) is 20.6. The highest BCUT2D eigenvalue weighted by molar-refractivity contribution is 7.92. The van der Waals surface area contributed by atoms with Crippen molar-refractivity contribution >= 4 is 27.2 Å². The third kappa shape index (κ3) is 3.74. The molecule has 0 fully saturated rings. The van der Waals surface area contributed by atoms with Gasteiger partial charge in [-0.1, -0.05) is 0 Å². The molecule has 0 bridgehead atoms. The van der Waals surface area contributed by atoms with E-state index in [1.54, 1.807) is 36.8 Å². The van der Waals surface area contributed by atoms with Gasteiger partial charge in [-0.05, 0) is 37.3 Å². The van der Waals surface area contributed by atoms with Gasteiger partial charge in [0.25, 0.3) is 10.0 Å². The van der Waals surface area contributed by atoms with Crippen molar-refractivity contribution in [3.63, 3.8) is 0 Å². The first kappa shape index (κ1) is 19.2. The van der Waals surface area contributed by atoms with E-state index in [-0.39, 0.29) is 16.5 Å². The summed E-state index contributed by atoms with van der Waals surface area (Å²) in [5.41, 5.74) is 1.17. The number of halogens is 1. The highest BCUT2D eigenvalue weighted by Gasteiger charge is 2.24. The molecule has 4 rings (SSSR count). The summed E-state index contributed by atoms with van der Waals surface area (Å²) in [4.78, 5) is 4.13. The van der Waals surface area contributed by atoms with Gasteiger partial charge >= 0.3 is 0 Å². The van der Waals surface area contributed by atoms with Gasteiger partial charge in [-0.15, -0.1) is 11.3 Å². The predicted molar refractivity (Wildman–Crippen MR) is 105 cm³/mol. The maximum Gasteiger partial charge on any atom is 0.266 e. The van der Waals surface area contributed by atoms with E-state index in [0.29, 0.717) is 22.3 Å². The molecule has 29 heavy (non-hydrogen) atoms. The van der Waals surface area contributed by atoms with E-state index in [1.807, 2.05) is 0 Å². The second-order valence-corrected chi connectivity index (χ2v) is 8.46. The molecule has 0 atom stereocenters. The number of hydrogen-bond donors (Lipinski definition) is 1. The molecule has 0 aliphatic carbocycles. The Morgan fingerprint density at radius 3 is 2.83 bits per heavy atom. The molecule has 0 aliphatic rings. The Kier molecular flexibility index (Phi) is 4.84. The fourth-order valence-corrected chi connectivity index (χ4v) is 4.66. The first-order valence-electron chi connectivity index (χ1n) is 8.30. The molecule has 11 heteroatoms. The third-order valence-corrected chi connectivity index (χ3v) is 6.12. The molecule has 0 amide bonds. The van der Waals surface area contributed by atoms with Crippen LogP contribution in [0.15, 0.2) is 57.4 Å². The number of aromatic nitrogens is 3. The van der Waals surface area contributed by atoms with E-state index in [0.717, 1.165) is 12.1 Å². The highest BCUT2D eigenvalue weighted by atomic mass is 32.2. The van der Waals surface area contributed by atoms with Crippen LogP contribution in [0.25, 0.3) is 16.6 Å². The zero-order valence-electron chi connectivity index (χ0n) is 15.3. The molecule has 4 aromatic rings. The molecule has 0 saturated carbocycles. The van der Waals surface area contributed by atoms with Crippen LogP contribution in [-0.4, -0.2) is 30.3 Å². The van der Waals surface area contributed by atoms with Crippen LogP contribution >= 0.6 is 11.3 Å². The topological polar surface area (TPSA) is 99.2 Å². The van der Waals surface area contributed by atoms with E-state index >= 15 is 0 Å². The van der Waals surface area contributed by atoms with Gasteiger partial charge < -0.3 is 9.15 Å². The molecule has 3 aromatic heterocycles. The van der Waals surface area contributed by atoms with Gasteiger partial charge in [0.1, 0.15) is 28.0 Å². The van der Waals surface area contributed by atoms with Gasteiger partial charge in [-0.25, -0.2) is 17.8 Å². The van der Waals surface area contributed by atoms with Crippen LogP contribution in [0.4, 0.5) is 10.2 Å². The van der Waals surface area contributed by atoms with E-state index in [4.69, 9.17) is 9.15 Å². The van der Waals surface area contributed by atoms with E-state index in [9.17, 15) is 12.8 Å². The lowest BCUT2D eigenvalue weighted by atomic mass is 10.3. The number of hydrogen-bond acceptors (Lipinski definition) is 7. The van der Waals surface area contributed by atoms with Gasteiger partial charge in [0, 0.05) is 11.4 Å². The first-order valence-corrected chi connectivity index (χ1v) is 10.7. The fourth-order valence-electron chi connectivity index (χ4n) is 2.67. The van der Waals surface area contributed by atoms with Crippen molar-refractivity contribution in [2.24, 2.45) is 0 Å². The van der Waals surface area contributed by atoms with Crippen LogP contribution in [0.3, 0.4) is 0 Å². The lowest BCUT2D eigenvalue weighted by Crippen LogP contribution is -2.17. The second-order valence-electron chi connectivity index (χ2n) is 5.98. The summed E-state index contributed by atoms with van der Waals surface area (Å²) in [6.07, 6.45) is 1.54. The van der Waals surface area contributed by atoms with Gasteiger partial charge in [-0.2, -0.15) is 9.78 Å². The Labute approximate surface area is 169 Å². The van der Waals surface area contributed by atoms with E-state index in [2.05, 4.69) is 14.8 Å². The SMILES string of the molecule is COc1ccc(F)cc1S(=O)(=O)Nc1cc(C)nn1-c1nc(-c2ccco2)cs1. The number of aryl methyl sites for hydroxylation is 1. The van der Waals surface area contributed by atoms with Crippen molar-refractivity contribution in [2.45, 2.75) is 11.8 Å². The van der Waals surface area contributed by atoms with Crippen LogP contribution in [0, 0.1) is 12.7 Å². The van der Waals surface area contributed by atoms with Gasteiger partial charge in [0.05, 0.1) is 19.1 Å². The standard InChI is InChI=1S/C18H15FN4O4S2/c1-11-8-17(22-29(24,25)16-9-12(19)5-6-15(16)26-2)23(21-11)18-20-13(10-28-18)14-4-3-7-27-14/h3-10,22H,1-2H3. The summed E-state index contributed by atoms with van der Waals surface area (Å²) in [7, 11) is -2.84. The molecule has 0 saturated heterocycles. The highest BCUT2D eigenvalue weighted by Crippen LogP contribution is 2.30. The van der Waals surface area contributed by atoms with Crippen LogP contribution in [0.5, 0.6) is 5.75 Å². The summed E-state index contributed by atoms with van der Waals surface area (Å²) < 4.78 is 53.6. The van der Waals surface area contributed by atoms with Crippen molar-refractivity contribution in [1.29, 1.82) is 0 Å². The molecule has 0 aliphatic heterocycles. The molecule has 0 unspecified atom stereocenters. The number of anilines is 1. The van der Waals surface area contributed by atoms with Crippen LogP contribution < -0.4 is 9.46 Å². The van der Waals surface area contributed by atoms with Crippen molar-refractivity contribution in [3.8, 4) is 22.3 Å². The molecule has 3 heterocycles. The minimum Gasteiger partial charge on any atom is -0.495 e. The van der Waals surface area contributed by atoms with Crippen LogP contribution in [0.2, 0.25) is 0 Å². The minimum atomic E-state index is -4.15. The van der Waals surface area contributed by atoms with Gasteiger partial charge in [-0.3, -0.25) is 4.72 Å². The van der Waals surface area contributed by atoms with E-state index < -0.39 is 15.8 Å². The Morgan fingerprint density at radius 2 is 2.10 bits per heavy atom. The minimum absolute atomic E-state index is 0.0241. The number of methoxy groups -OCH3 is 1. The summed E-state index contributed by atoms with van der Waals surface area (Å²) in [5, 5.41) is 6.53. The predicted octanol–water partition coefficient (Wildman–Crippen LogP) is 3.85. The average molecular weight is 434 g/mol. The number of rotatable bonds is 6. The number of ether oxygens (including phenoxy) is 1. The number of nitrogens with one attached hydrogen (secondary N) is 1. The Morgan fingerprint density at radius 1 is 1.28 bits per heavy atom. The summed E-state index contributed by atoms with van der Waals surface area (Å²) in [6, 6.07) is 8.34. The van der Waals surface area contributed by atoms with E-state index in [1.165, 1.54) is 29.2 Å². The fraction of sp³-hybridized carbons (Fsp3) is 0.111. The normalized spacial score (nSPS) is 11.6. The lowest BCUT2D eigenvalue weighted by Gasteiger charge is -2.12. The second kappa shape index (κ2) is 7.33. The Bertz CT molecular complexity index is 1260. The average Bonchev–Trinajstić information content (AvgIpc) is 3.41. The molecule has 8 nitrogen and oxygen atoms in total. The number of benzene rings is 1. The third-order valence-electron chi connectivity index (χ3n) is 3.93. The van der Waals surface area contributed by atoms with Gasteiger partial charge in [0.15, 0.2) is 5.76 Å². The number of sulfonamides is 1. The maximum atomic E-state index is 13.7. The van der Waals surface area contributed by atoms with Crippen molar-refractivity contribution in [1.82, 2.24) is 14.8 Å². The molecular formula is C18H15FN4O4S2. The molecule has 150 valence electrons. The zero-order valence-corrected chi connectivity index (χ0v) is 16.9. The number of thiazole rings is 1. The van der Waals surface area contributed by atoms with Crippen LogP contribution in [0.1, 0.15) is 5.69 Å². The maximum absolute atomic E-state index is 13.7. The number of nitrogens with zero attached hydrogens (tertiary/aromatic N) is 3. The molecule has 0 radical (unpaired) electrons. The Balaban J connectivity index is 1.72. The van der Waals surface area contributed by atoms with Crippen molar-refractivity contribution in [2.75, 3.05) is 11.8 Å². The van der Waals surface area contributed by atoms with Crippen molar-refractivity contribution in [3.05, 3.63) is 59.6 Å².